The third-order valence-corrected chi connectivity index (χ3v) is 5.16. The molecule has 0 saturated heterocycles. The van der Waals surface area contributed by atoms with E-state index in [-0.39, 0.29) is 17.7 Å². The topological polar surface area (TPSA) is 71.9 Å². The fraction of sp³-hybridized carbons (Fsp3) is 0.217. The molecule has 0 atom stereocenters. The number of aryl methyl sites for hydroxylation is 1. The van der Waals surface area contributed by atoms with Crippen LogP contribution in [0.4, 0.5) is 14.5 Å². The standard InChI is InChI=1S/C23H21ClF2N4O2/c1-13(2)30-12-14(3)18-10-15(11-19(21(18)30)20-8-9-27-29-20)22(31)28-16-4-6-17(7-5-16)32-23(24,25)26/h4-13H,1-3H3,(H,27,29)(H,28,31). The Balaban J connectivity index is 1.70. The molecule has 0 fully saturated rings. The zero-order valence-electron chi connectivity index (χ0n) is 17.6. The Kier molecular flexibility index (Phi) is 5.64. The molecule has 2 heterocycles. The number of hydrogen-bond donors (Lipinski definition) is 2. The highest BCUT2D eigenvalue weighted by atomic mass is 35.5. The molecule has 0 aliphatic rings. The van der Waals surface area contributed by atoms with Crippen molar-refractivity contribution in [2.24, 2.45) is 0 Å². The molecule has 4 rings (SSSR count). The number of anilines is 1. The van der Waals surface area contributed by atoms with Crippen LogP contribution in [-0.2, 0) is 0 Å². The van der Waals surface area contributed by atoms with Crippen molar-refractivity contribution in [3.05, 3.63) is 66.0 Å². The normalized spacial score (nSPS) is 11.8. The van der Waals surface area contributed by atoms with Crippen molar-refractivity contribution in [3.63, 3.8) is 0 Å². The summed E-state index contributed by atoms with van der Waals surface area (Å²) in [6, 6.07) is 11.3. The molecule has 0 aliphatic carbocycles. The molecule has 32 heavy (non-hydrogen) atoms. The SMILES string of the molecule is Cc1cn(C(C)C)c2c(-c3ccn[nH]3)cc(C(=O)Nc3ccc(OC(F)(F)Cl)cc3)cc12. The van der Waals surface area contributed by atoms with Crippen LogP contribution in [0.3, 0.4) is 0 Å². The molecule has 6 nitrogen and oxygen atoms in total. The number of ether oxygens (including phenoxy) is 1. The van der Waals surface area contributed by atoms with E-state index < -0.39 is 5.57 Å². The molecule has 1 amide bonds. The minimum Gasteiger partial charge on any atom is -0.420 e. The first-order chi connectivity index (χ1) is 15.1. The van der Waals surface area contributed by atoms with Crippen LogP contribution >= 0.6 is 11.6 Å². The minimum absolute atomic E-state index is 0.114. The molecule has 0 aliphatic heterocycles. The molecule has 4 aromatic rings. The maximum Gasteiger partial charge on any atom is 0.487 e. The number of nitrogens with one attached hydrogen (secondary N) is 2. The second-order valence-corrected chi connectivity index (χ2v) is 8.17. The van der Waals surface area contributed by atoms with Gasteiger partial charge in [0.25, 0.3) is 5.91 Å². The number of aromatic amines is 1. The largest absolute Gasteiger partial charge is 0.487 e. The van der Waals surface area contributed by atoms with Crippen LogP contribution < -0.4 is 10.1 Å². The lowest BCUT2D eigenvalue weighted by atomic mass is 10.0. The fourth-order valence-electron chi connectivity index (χ4n) is 3.65. The summed E-state index contributed by atoms with van der Waals surface area (Å²) in [5.41, 5.74) is 0.815. The van der Waals surface area contributed by atoms with E-state index in [0.717, 1.165) is 27.7 Å². The summed E-state index contributed by atoms with van der Waals surface area (Å²) in [5, 5.41) is 10.8. The fourth-order valence-corrected chi connectivity index (χ4v) is 3.74. The Labute approximate surface area is 188 Å². The number of H-pyrrole nitrogens is 1. The van der Waals surface area contributed by atoms with Gasteiger partial charge < -0.3 is 14.6 Å². The number of aromatic nitrogens is 3. The molecule has 0 radical (unpaired) electrons. The highest BCUT2D eigenvalue weighted by Gasteiger charge is 2.27. The lowest BCUT2D eigenvalue weighted by molar-refractivity contribution is -0.0964. The van der Waals surface area contributed by atoms with Gasteiger partial charge in [-0.1, -0.05) is 0 Å². The molecule has 0 unspecified atom stereocenters. The van der Waals surface area contributed by atoms with Crippen LogP contribution in [0.5, 0.6) is 5.75 Å². The number of carbonyl (C=O) groups excluding carboxylic acids is 1. The number of nitrogens with zero attached hydrogens (tertiary/aromatic N) is 2. The van der Waals surface area contributed by atoms with Crippen LogP contribution in [0.1, 0.15) is 35.8 Å². The van der Waals surface area contributed by atoms with Crippen LogP contribution in [0.2, 0.25) is 0 Å². The smallest absolute Gasteiger partial charge is 0.420 e. The lowest BCUT2D eigenvalue weighted by Gasteiger charge is -2.14. The van der Waals surface area contributed by atoms with E-state index in [2.05, 4.69) is 44.9 Å². The van der Waals surface area contributed by atoms with Crippen molar-refractivity contribution in [2.75, 3.05) is 5.32 Å². The minimum atomic E-state index is -3.80. The van der Waals surface area contributed by atoms with E-state index in [1.54, 1.807) is 6.20 Å². The Morgan fingerprint density at radius 2 is 1.94 bits per heavy atom. The van der Waals surface area contributed by atoms with Crippen LogP contribution in [0.25, 0.3) is 22.2 Å². The first kappa shape index (κ1) is 21.8. The van der Waals surface area contributed by atoms with E-state index in [9.17, 15) is 13.6 Å². The first-order valence-electron chi connectivity index (χ1n) is 9.94. The Morgan fingerprint density at radius 1 is 1.22 bits per heavy atom. The summed E-state index contributed by atoms with van der Waals surface area (Å²) in [5.74, 6) is -0.447. The molecule has 166 valence electrons. The predicted octanol–water partition coefficient (Wildman–Crippen LogP) is 6.34. The average Bonchev–Trinajstić information content (AvgIpc) is 3.36. The third kappa shape index (κ3) is 4.45. The van der Waals surface area contributed by atoms with Crippen molar-refractivity contribution in [3.8, 4) is 17.0 Å². The molecule has 0 saturated carbocycles. The zero-order chi connectivity index (χ0) is 23.0. The van der Waals surface area contributed by atoms with E-state index >= 15 is 0 Å². The second kappa shape index (κ2) is 8.27. The molecule has 0 bridgehead atoms. The Bertz CT molecular complexity index is 1260. The maximum atomic E-state index is 13.0. The molecule has 2 aromatic carbocycles. The van der Waals surface area contributed by atoms with Gasteiger partial charge in [-0.3, -0.25) is 9.89 Å². The molecular weight excluding hydrogens is 438 g/mol. The Hall–Kier alpha value is -3.39. The lowest BCUT2D eigenvalue weighted by Crippen LogP contribution is -2.16. The molecule has 2 N–H and O–H groups in total. The summed E-state index contributed by atoms with van der Waals surface area (Å²) in [4.78, 5) is 13.0. The van der Waals surface area contributed by atoms with Gasteiger partial charge in [-0.05, 0) is 68.8 Å². The number of carbonyl (C=O) groups is 1. The van der Waals surface area contributed by atoms with Crippen molar-refractivity contribution < 1.29 is 18.3 Å². The average molecular weight is 459 g/mol. The van der Waals surface area contributed by atoms with Gasteiger partial charge in [0, 0.05) is 52.2 Å². The number of hydrogen-bond acceptors (Lipinski definition) is 3. The van der Waals surface area contributed by atoms with E-state index in [1.807, 2.05) is 25.1 Å². The summed E-state index contributed by atoms with van der Waals surface area (Å²) in [6.07, 6.45) is 3.74. The quantitative estimate of drug-likeness (QED) is 0.331. The number of amides is 1. The van der Waals surface area contributed by atoms with Gasteiger partial charge >= 0.3 is 5.57 Å². The first-order valence-corrected chi connectivity index (χ1v) is 10.3. The van der Waals surface area contributed by atoms with E-state index in [1.165, 1.54) is 24.3 Å². The van der Waals surface area contributed by atoms with Gasteiger partial charge in [0.1, 0.15) is 5.75 Å². The predicted molar refractivity (Wildman–Crippen MR) is 120 cm³/mol. The molecular formula is C23H21ClF2N4O2. The highest BCUT2D eigenvalue weighted by molar-refractivity contribution is 6.20. The molecule has 2 aromatic heterocycles. The zero-order valence-corrected chi connectivity index (χ0v) is 18.4. The van der Waals surface area contributed by atoms with Gasteiger partial charge in [-0.25, -0.2) is 0 Å². The number of alkyl halides is 3. The number of rotatable bonds is 6. The van der Waals surface area contributed by atoms with Gasteiger partial charge in [0.2, 0.25) is 0 Å². The van der Waals surface area contributed by atoms with E-state index in [0.29, 0.717) is 11.3 Å². The second-order valence-electron chi connectivity index (χ2n) is 7.73. The van der Waals surface area contributed by atoms with Crippen molar-refractivity contribution in [1.82, 2.24) is 14.8 Å². The summed E-state index contributed by atoms with van der Waals surface area (Å²) < 4.78 is 32.0. The van der Waals surface area contributed by atoms with Crippen LogP contribution in [-0.4, -0.2) is 26.2 Å². The monoisotopic (exact) mass is 458 g/mol. The van der Waals surface area contributed by atoms with Gasteiger partial charge in [0.05, 0.1) is 11.2 Å². The highest BCUT2D eigenvalue weighted by Crippen LogP contribution is 2.34. The summed E-state index contributed by atoms with van der Waals surface area (Å²) in [7, 11) is 0. The van der Waals surface area contributed by atoms with Gasteiger partial charge in [-0.15, -0.1) is 8.78 Å². The Morgan fingerprint density at radius 3 is 2.53 bits per heavy atom. The number of fused-ring (bicyclic) bond motifs is 1. The van der Waals surface area contributed by atoms with Crippen molar-refractivity contribution >= 4 is 34.1 Å². The van der Waals surface area contributed by atoms with E-state index in [4.69, 9.17) is 11.6 Å². The number of halogens is 3. The van der Waals surface area contributed by atoms with Gasteiger partial charge in [0.15, 0.2) is 0 Å². The van der Waals surface area contributed by atoms with Crippen molar-refractivity contribution in [1.29, 1.82) is 0 Å². The van der Waals surface area contributed by atoms with Crippen LogP contribution in [0.15, 0.2) is 54.9 Å². The van der Waals surface area contributed by atoms with Crippen molar-refractivity contribution in [2.45, 2.75) is 32.4 Å². The molecule has 9 heteroatoms. The summed E-state index contributed by atoms with van der Waals surface area (Å²) >= 11 is 4.78. The molecule has 0 spiro atoms. The number of benzene rings is 2. The summed E-state index contributed by atoms with van der Waals surface area (Å²) in [6.45, 7) is 6.21. The maximum absolute atomic E-state index is 13.0. The van der Waals surface area contributed by atoms with Gasteiger partial charge in [-0.2, -0.15) is 5.10 Å². The van der Waals surface area contributed by atoms with Crippen LogP contribution in [0, 0.1) is 6.92 Å². The third-order valence-electron chi connectivity index (χ3n) is 5.08.